The number of carbonyl (C=O) groups excluding carboxylic acids is 1. The summed E-state index contributed by atoms with van der Waals surface area (Å²) in [5, 5.41) is 5.15. The highest BCUT2D eigenvalue weighted by Gasteiger charge is 2.15. The maximum atomic E-state index is 12.6. The van der Waals surface area contributed by atoms with Gasteiger partial charge in [-0.3, -0.25) is 4.79 Å². The largest absolute Gasteiger partial charge is 0.434 e. The van der Waals surface area contributed by atoms with Gasteiger partial charge in [0, 0.05) is 16.6 Å². The van der Waals surface area contributed by atoms with Crippen LogP contribution in [0.1, 0.15) is 16.1 Å². The van der Waals surface area contributed by atoms with Gasteiger partial charge in [0.15, 0.2) is 0 Å². The first-order valence-corrected chi connectivity index (χ1v) is 9.15. The molecule has 0 fully saturated rings. The van der Waals surface area contributed by atoms with Crippen molar-refractivity contribution in [1.29, 1.82) is 0 Å². The van der Waals surface area contributed by atoms with Crippen LogP contribution < -0.4 is 10.1 Å². The SMILES string of the molecule is Cc1ccc(NC(=O)Cc2nc(-c3cc(C)ccc3OC(F)F)cs2)cc1. The second-order valence-electron chi connectivity index (χ2n) is 6.10. The van der Waals surface area contributed by atoms with Crippen LogP contribution in [0.2, 0.25) is 0 Å². The van der Waals surface area contributed by atoms with Crippen molar-refractivity contribution in [3.05, 3.63) is 64.0 Å². The van der Waals surface area contributed by atoms with Crippen LogP contribution in [-0.2, 0) is 11.2 Å². The Morgan fingerprint density at radius 2 is 1.85 bits per heavy atom. The highest BCUT2D eigenvalue weighted by atomic mass is 32.1. The van der Waals surface area contributed by atoms with Gasteiger partial charge in [-0.15, -0.1) is 11.3 Å². The summed E-state index contributed by atoms with van der Waals surface area (Å²) >= 11 is 1.30. The van der Waals surface area contributed by atoms with Gasteiger partial charge in [-0.05, 0) is 38.1 Å². The molecule has 0 atom stereocenters. The summed E-state index contributed by atoms with van der Waals surface area (Å²) in [6.07, 6.45) is 0.107. The van der Waals surface area contributed by atoms with E-state index < -0.39 is 6.61 Å². The van der Waals surface area contributed by atoms with Crippen molar-refractivity contribution in [1.82, 2.24) is 4.98 Å². The van der Waals surface area contributed by atoms with Crippen LogP contribution in [0.3, 0.4) is 0 Å². The maximum absolute atomic E-state index is 12.6. The first-order valence-electron chi connectivity index (χ1n) is 8.27. The highest BCUT2D eigenvalue weighted by Crippen LogP contribution is 2.33. The number of carbonyl (C=O) groups is 1. The molecule has 27 heavy (non-hydrogen) atoms. The van der Waals surface area contributed by atoms with E-state index >= 15 is 0 Å². The van der Waals surface area contributed by atoms with Crippen LogP contribution in [0.4, 0.5) is 14.5 Å². The van der Waals surface area contributed by atoms with Crippen molar-refractivity contribution < 1.29 is 18.3 Å². The van der Waals surface area contributed by atoms with E-state index in [2.05, 4.69) is 15.0 Å². The maximum Gasteiger partial charge on any atom is 0.387 e. The third-order valence-electron chi connectivity index (χ3n) is 3.83. The van der Waals surface area contributed by atoms with E-state index in [0.717, 1.165) is 11.1 Å². The van der Waals surface area contributed by atoms with Crippen molar-refractivity contribution in [3.63, 3.8) is 0 Å². The molecule has 1 heterocycles. The molecule has 1 amide bonds. The van der Waals surface area contributed by atoms with Crippen molar-refractivity contribution in [2.75, 3.05) is 5.32 Å². The van der Waals surface area contributed by atoms with Crippen LogP contribution in [0, 0.1) is 13.8 Å². The molecule has 0 saturated carbocycles. The fraction of sp³-hybridized carbons (Fsp3) is 0.200. The summed E-state index contributed by atoms with van der Waals surface area (Å²) in [4.78, 5) is 16.6. The first kappa shape index (κ1) is 19.0. The van der Waals surface area contributed by atoms with E-state index in [9.17, 15) is 13.6 Å². The topological polar surface area (TPSA) is 51.2 Å². The van der Waals surface area contributed by atoms with Gasteiger partial charge in [0.25, 0.3) is 0 Å². The highest BCUT2D eigenvalue weighted by molar-refractivity contribution is 7.10. The predicted molar refractivity (Wildman–Crippen MR) is 102 cm³/mol. The molecule has 1 aromatic heterocycles. The quantitative estimate of drug-likeness (QED) is 0.631. The van der Waals surface area contributed by atoms with Gasteiger partial charge in [-0.25, -0.2) is 4.98 Å². The minimum absolute atomic E-state index is 0.0663. The molecule has 3 aromatic rings. The number of nitrogens with zero attached hydrogens (tertiary/aromatic N) is 1. The Morgan fingerprint density at radius 3 is 2.56 bits per heavy atom. The fourth-order valence-electron chi connectivity index (χ4n) is 2.54. The number of rotatable bonds is 6. The number of halogens is 2. The van der Waals surface area contributed by atoms with Crippen molar-refractivity contribution in [2.45, 2.75) is 26.9 Å². The second kappa shape index (κ2) is 8.26. The summed E-state index contributed by atoms with van der Waals surface area (Å²) in [6.45, 7) is 0.919. The lowest BCUT2D eigenvalue weighted by Crippen LogP contribution is -2.14. The van der Waals surface area contributed by atoms with E-state index in [0.29, 0.717) is 22.0 Å². The van der Waals surface area contributed by atoms with Gasteiger partial charge < -0.3 is 10.1 Å². The molecule has 0 saturated heterocycles. The third kappa shape index (κ3) is 5.10. The van der Waals surface area contributed by atoms with Crippen molar-refractivity contribution >= 4 is 22.9 Å². The smallest absolute Gasteiger partial charge is 0.387 e. The number of benzene rings is 2. The van der Waals surface area contributed by atoms with E-state index in [4.69, 9.17) is 0 Å². The number of alkyl halides is 2. The Bertz CT molecular complexity index is 939. The Morgan fingerprint density at radius 1 is 1.15 bits per heavy atom. The zero-order valence-electron chi connectivity index (χ0n) is 14.8. The molecular weight excluding hydrogens is 370 g/mol. The number of anilines is 1. The summed E-state index contributed by atoms with van der Waals surface area (Å²) in [5.74, 6) is -0.121. The fourth-order valence-corrected chi connectivity index (χ4v) is 3.33. The molecule has 4 nitrogen and oxygen atoms in total. The lowest BCUT2D eigenvalue weighted by molar-refractivity contribution is -0.115. The third-order valence-corrected chi connectivity index (χ3v) is 4.67. The molecular formula is C20H18F2N2O2S. The Hall–Kier alpha value is -2.80. The number of thiazole rings is 1. The van der Waals surface area contributed by atoms with E-state index in [1.807, 2.05) is 38.1 Å². The van der Waals surface area contributed by atoms with Crippen LogP contribution in [-0.4, -0.2) is 17.5 Å². The number of aromatic nitrogens is 1. The van der Waals surface area contributed by atoms with E-state index in [1.54, 1.807) is 17.5 Å². The Balaban J connectivity index is 1.74. The van der Waals surface area contributed by atoms with Gasteiger partial charge in [0.2, 0.25) is 5.91 Å². The molecule has 7 heteroatoms. The van der Waals surface area contributed by atoms with Gasteiger partial charge in [0.05, 0.1) is 12.1 Å². The average Bonchev–Trinajstić information content (AvgIpc) is 3.06. The first-order chi connectivity index (χ1) is 12.9. The molecule has 0 bridgehead atoms. The molecule has 3 rings (SSSR count). The standard InChI is InChI=1S/C20H18F2N2O2S/c1-12-3-6-14(7-4-12)23-18(25)10-19-24-16(11-27-19)15-9-13(2)5-8-17(15)26-20(21)22/h3-9,11,20H,10H2,1-2H3,(H,23,25). The molecule has 0 aliphatic rings. The van der Waals surface area contributed by atoms with E-state index in [1.165, 1.54) is 17.4 Å². The monoisotopic (exact) mass is 388 g/mol. The van der Waals surface area contributed by atoms with Crippen molar-refractivity contribution in [3.8, 4) is 17.0 Å². The lowest BCUT2D eigenvalue weighted by atomic mass is 10.1. The van der Waals surface area contributed by atoms with Gasteiger partial charge in [-0.1, -0.05) is 29.3 Å². The minimum Gasteiger partial charge on any atom is -0.434 e. The molecule has 0 aliphatic heterocycles. The normalized spacial score (nSPS) is 10.9. The molecule has 0 aliphatic carbocycles. The van der Waals surface area contributed by atoms with Gasteiger partial charge in [-0.2, -0.15) is 8.78 Å². The number of ether oxygens (including phenoxy) is 1. The van der Waals surface area contributed by atoms with Crippen LogP contribution in [0.25, 0.3) is 11.3 Å². The van der Waals surface area contributed by atoms with Gasteiger partial charge in [0.1, 0.15) is 10.8 Å². The summed E-state index contributed by atoms with van der Waals surface area (Å²) < 4.78 is 29.9. The molecule has 0 radical (unpaired) electrons. The van der Waals surface area contributed by atoms with E-state index in [-0.39, 0.29) is 18.1 Å². The Kier molecular flexibility index (Phi) is 5.81. The number of hydrogen-bond acceptors (Lipinski definition) is 4. The zero-order chi connectivity index (χ0) is 19.4. The van der Waals surface area contributed by atoms with Crippen LogP contribution in [0.15, 0.2) is 47.8 Å². The number of aryl methyl sites for hydroxylation is 2. The van der Waals surface area contributed by atoms with Crippen LogP contribution >= 0.6 is 11.3 Å². The summed E-state index contributed by atoms with van der Waals surface area (Å²) in [7, 11) is 0. The number of nitrogens with one attached hydrogen (secondary N) is 1. The predicted octanol–water partition coefficient (Wildman–Crippen LogP) is 5.21. The molecule has 0 unspecified atom stereocenters. The summed E-state index contributed by atoms with van der Waals surface area (Å²) in [6, 6.07) is 12.4. The lowest BCUT2D eigenvalue weighted by Gasteiger charge is -2.10. The Labute approximate surface area is 159 Å². The minimum atomic E-state index is -2.91. The van der Waals surface area contributed by atoms with Crippen LogP contribution in [0.5, 0.6) is 5.75 Å². The zero-order valence-corrected chi connectivity index (χ0v) is 15.6. The number of hydrogen-bond donors (Lipinski definition) is 1. The molecule has 1 N–H and O–H groups in total. The summed E-state index contributed by atoms with van der Waals surface area (Å²) in [5.41, 5.74) is 3.72. The van der Waals surface area contributed by atoms with Gasteiger partial charge >= 0.3 is 6.61 Å². The molecule has 140 valence electrons. The molecule has 2 aromatic carbocycles. The van der Waals surface area contributed by atoms with Crippen molar-refractivity contribution in [2.24, 2.45) is 0 Å². The second-order valence-corrected chi connectivity index (χ2v) is 7.04. The molecule has 0 spiro atoms. The number of amides is 1. The average molecular weight is 388 g/mol.